The Morgan fingerprint density at radius 3 is 2.71 bits per heavy atom. The molecule has 1 aromatic carbocycles. The van der Waals surface area contributed by atoms with Crippen LogP contribution < -0.4 is 5.32 Å². The third-order valence-electron chi connectivity index (χ3n) is 3.88. The van der Waals surface area contributed by atoms with Gasteiger partial charge >= 0.3 is 5.97 Å². The van der Waals surface area contributed by atoms with Crippen LogP contribution in [0, 0.1) is 11.3 Å². The molecule has 0 radical (unpaired) electrons. The first-order chi connectivity index (χ1) is 13.6. The van der Waals surface area contributed by atoms with Gasteiger partial charge in [0, 0.05) is 11.6 Å². The normalized spacial score (nSPS) is 10.9. The highest BCUT2D eigenvalue weighted by molar-refractivity contribution is 6.01. The predicted molar refractivity (Wildman–Crippen MR) is 99.6 cm³/mol. The molecule has 1 N–H and O–H groups in total. The molecule has 0 atom stereocenters. The van der Waals surface area contributed by atoms with Crippen molar-refractivity contribution in [2.45, 2.75) is 6.54 Å². The van der Waals surface area contributed by atoms with Crippen molar-refractivity contribution in [3.63, 3.8) is 0 Å². The summed E-state index contributed by atoms with van der Waals surface area (Å²) in [6.07, 6.45) is 2.83. The second kappa shape index (κ2) is 8.56. The number of ether oxygens (including phenoxy) is 1. The Kier molecular flexibility index (Phi) is 5.72. The van der Waals surface area contributed by atoms with E-state index < -0.39 is 11.9 Å². The molecule has 140 valence electrons. The van der Waals surface area contributed by atoms with E-state index in [0.717, 1.165) is 0 Å². The highest BCUT2D eigenvalue weighted by atomic mass is 16.5. The second-order valence-corrected chi connectivity index (χ2v) is 5.67. The molecule has 2 heterocycles. The molecule has 0 saturated carbocycles. The number of methoxy groups -OCH3 is 1. The molecule has 0 aliphatic carbocycles. The van der Waals surface area contributed by atoms with E-state index in [4.69, 9.17) is 13.6 Å². The highest BCUT2D eigenvalue weighted by Crippen LogP contribution is 2.27. The van der Waals surface area contributed by atoms with Crippen molar-refractivity contribution in [2.24, 2.45) is 0 Å². The molecule has 0 bridgehead atoms. The van der Waals surface area contributed by atoms with Crippen molar-refractivity contribution >= 4 is 18.0 Å². The van der Waals surface area contributed by atoms with Crippen LogP contribution in [0.3, 0.4) is 0 Å². The number of esters is 1. The van der Waals surface area contributed by atoms with E-state index in [1.165, 1.54) is 19.4 Å². The maximum Gasteiger partial charge on any atom is 0.338 e. The topological polar surface area (TPSA) is 105 Å². The van der Waals surface area contributed by atoms with Crippen molar-refractivity contribution in [3.8, 4) is 17.4 Å². The van der Waals surface area contributed by atoms with Crippen molar-refractivity contribution in [2.75, 3.05) is 7.11 Å². The Balaban J connectivity index is 1.80. The fourth-order valence-corrected chi connectivity index (χ4v) is 2.53. The van der Waals surface area contributed by atoms with E-state index in [2.05, 4.69) is 5.32 Å². The van der Waals surface area contributed by atoms with E-state index >= 15 is 0 Å². The zero-order chi connectivity index (χ0) is 19.9. The summed E-state index contributed by atoms with van der Waals surface area (Å²) < 4.78 is 15.6. The zero-order valence-electron chi connectivity index (χ0n) is 15.0. The highest BCUT2D eigenvalue weighted by Gasteiger charge is 2.16. The summed E-state index contributed by atoms with van der Waals surface area (Å²) in [7, 11) is 1.30. The number of hydrogen-bond donors (Lipinski definition) is 1. The van der Waals surface area contributed by atoms with Crippen molar-refractivity contribution in [1.29, 1.82) is 5.26 Å². The van der Waals surface area contributed by atoms with Gasteiger partial charge in [-0.1, -0.05) is 18.2 Å². The molecule has 7 heteroatoms. The maximum absolute atomic E-state index is 12.2. The minimum absolute atomic E-state index is 0.117. The van der Waals surface area contributed by atoms with Gasteiger partial charge in [-0.05, 0) is 30.3 Å². The molecule has 28 heavy (non-hydrogen) atoms. The van der Waals surface area contributed by atoms with Gasteiger partial charge < -0.3 is 18.9 Å². The predicted octanol–water partition coefficient (Wildman–Crippen LogP) is 3.55. The van der Waals surface area contributed by atoms with Crippen LogP contribution in [0.1, 0.15) is 21.9 Å². The molecule has 2 aromatic heterocycles. The summed E-state index contributed by atoms with van der Waals surface area (Å²) >= 11 is 0. The lowest BCUT2D eigenvalue weighted by molar-refractivity contribution is -0.117. The van der Waals surface area contributed by atoms with Crippen LogP contribution >= 0.6 is 0 Å². The minimum atomic E-state index is -0.549. The fourth-order valence-electron chi connectivity index (χ4n) is 2.53. The molecule has 1 amide bonds. The Labute approximate surface area is 160 Å². The molecule has 0 spiro atoms. The van der Waals surface area contributed by atoms with Crippen LogP contribution in [0.2, 0.25) is 0 Å². The van der Waals surface area contributed by atoms with Gasteiger partial charge in [-0.3, -0.25) is 4.79 Å². The third kappa shape index (κ3) is 4.19. The molecule has 0 fully saturated rings. The monoisotopic (exact) mass is 376 g/mol. The van der Waals surface area contributed by atoms with E-state index in [9.17, 15) is 14.9 Å². The van der Waals surface area contributed by atoms with Crippen LogP contribution in [0.4, 0.5) is 0 Å². The summed E-state index contributed by atoms with van der Waals surface area (Å²) in [5.74, 6) is 0.260. The number of amides is 1. The lowest BCUT2D eigenvalue weighted by atomic mass is 10.1. The Morgan fingerprint density at radius 1 is 1.18 bits per heavy atom. The quantitative estimate of drug-likeness (QED) is 0.401. The van der Waals surface area contributed by atoms with Crippen LogP contribution in [0.25, 0.3) is 17.4 Å². The second-order valence-electron chi connectivity index (χ2n) is 5.67. The van der Waals surface area contributed by atoms with Gasteiger partial charge in [0.25, 0.3) is 5.91 Å². The number of benzene rings is 1. The molecule has 0 saturated heterocycles. The van der Waals surface area contributed by atoms with Gasteiger partial charge in [0.15, 0.2) is 0 Å². The number of carbonyl (C=O) groups excluding carboxylic acids is 2. The van der Waals surface area contributed by atoms with Gasteiger partial charge in [-0.15, -0.1) is 0 Å². The zero-order valence-corrected chi connectivity index (χ0v) is 15.0. The fraction of sp³-hybridized carbons (Fsp3) is 0.0952. The average Bonchev–Trinajstić information content (AvgIpc) is 3.41. The average molecular weight is 376 g/mol. The van der Waals surface area contributed by atoms with Gasteiger partial charge in [0.05, 0.1) is 25.5 Å². The van der Waals surface area contributed by atoms with Crippen LogP contribution in [-0.4, -0.2) is 19.0 Å². The SMILES string of the molecule is COC(=O)c1ccccc1-c1ccc(/C=C(/C#N)C(=O)NCc2ccco2)o1. The first-order valence-electron chi connectivity index (χ1n) is 8.32. The van der Waals surface area contributed by atoms with E-state index in [1.807, 2.05) is 6.07 Å². The number of furan rings is 2. The van der Waals surface area contributed by atoms with Gasteiger partial charge in [0.2, 0.25) is 0 Å². The summed E-state index contributed by atoms with van der Waals surface area (Å²) in [5, 5.41) is 11.9. The van der Waals surface area contributed by atoms with E-state index in [1.54, 1.807) is 48.5 Å². The van der Waals surface area contributed by atoms with Gasteiger partial charge in [-0.25, -0.2) is 4.79 Å². The Morgan fingerprint density at radius 2 is 2.00 bits per heavy atom. The largest absolute Gasteiger partial charge is 0.467 e. The van der Waals surface area contributed by atoms with Crippen molar-refractivity contribution < 1.29 is 23.2 Å². The van der Waals surface area contributed by atoms with Crippen LogP contribution in [0.15, 0.2) is 69.2 Å². The van der Waals surface area contributed by atoms with Gasteiger partial charge in [0.1, 0.15) is 28.9 Å². The Hall–Kier alpha value is -4.05. The number of nitriles is 1. The lowest BCUT2D eigenvalue weighted by Gasteiger charge is -2.04. The summed E-state index contributed by atoms with van der Waals surface area (Å²) in [6.45, 7) is 0.167. The maximum atomic E-state index is 12.2. The number of rotatable bonds is 6. The Bertz CT molecular complexity index is 1050. The molecular formula is C21H16N2O5. The molecule has 0 aliphatic rings. The summed E-state index contributed by atoms with van der Waals surface area (Å²) in [4.78, 5) is 24.1. The van der Waals surface area contributed by atoms with Gasteiger partial charge in [-0.2, -0.15) is 5.26 Å². The molecule has 0 unspecified atom stereocenters. The summed E-state index contributed by atoms with van der Waals surface area (Å²) in [6, 6.07) is 15.4. The number of nitrogens with one attached hydrogen (secondary N) is 1. The lowest BCUT2D eigenvalue weighted by Crippen LogP contribution is -2.23. The molecule has 3 rings (SSSR count). The first kappa shape index (κ1) is 18.7. The molecular weight excluding hydrogens is 360 g/mol. The number of hydrogen-bond acceptors (Lipinski definition) is 6. The molecule has 3 aromatic rings. The standard InChI is InChI=1S/C21H16N2O5/c1-26-21(25)18-7-3-2-6-17(18)19-9-8-15(28-19)11-14(12-22)20(24)23-13-16-5-4-10-27-16/h2-11H,13H2,1H3,(H,23,24)/b14-11-. The van der Waals surface area contributed by atoms with E-state index in [-0.39, 0.29) is 12.1 Å². The van der Waals surface area contributed by atoms with Crippen molar-refractivity contribution in [1.82, 2.24) is 5.32 Å². The van der Waals surface area contributed by atoms with E-state index in [0.29, 0.717) is 28.4 Å². The summed E-state index contributed by atoms with van der Waals surface area (Å²) in [5.41, 5.74) is 0.787. The van der Waals surface area contributed by atoms with Crippen molar-refractivity contribution in [3.05, 3.63) is 77.5 Å². The number of carbonyl (C=O) groups is 2. The number of nitrogens with zero attached hydrogens (tertiary/aromatic N) is 1. The first-order valence-corrected chi connectivity index (χ1v) is 8.32. The van der Waals surface area contributed by atoms with Crippen LogP contribution in [-0.2, 0) is 16.1 Å². The molecule has 7 nitrogen and oxygen atoms in total. The smallest absolute Gasteiger partial charge is 0.338 e. The third-order valence-corrected chi connectivity index (χ3v) is 3.88. The van der Waals surface area contributed by atoms with Crippen LogP contribution in [0.5, 0.6) is 0 Å². The minimum Gasteiger partial charge on any atom is -0.467 e. The molecule has 0 aliphatic heterocycles.